The molecule has 3 heterocycles. The van der Waals surface area contributed by atoms with Crippen LogP contribution in [0.5, 0.6) is 0 Å². The molecule has 0 aliphatic heterocycles. The van der Waals surface area contributed by atoms with Crippen LogP contribution >= 0.6 is 11.6 Å². The van der Waals surface area contributed by atoms with Gasteiger partial charge in [-0.25, -0.2) is 4.68 Å². The number of carbonyl (C=O) groups excluding carboxylic acids is 1. The summed E-state index contributed by atoms with van der Waals surface area (Å²) >= 11 is 5.96. The normalized spacial score (nSPS) is 11.1. The molecule has 12 heteroatoms. The summed E-state index contributed by atoms with van der Waals surface area (Å²) in [7, 11) is 0. The Kier molecular flexibility index (Phi) is 6.20. The fourth-order valence-corrected chi connectivity index (χ4v) is 3.89. The van der Waals surface area contributed by atoms with Crippen molar-refractivity contribution in [1.82, 2.24) is 29.3 Å². The van der Waals surface area contributed by atoms with Gasteiger partial charge in [-0.1, -0.05) is 23.7 Å². The van der Waals surface area contributed by atoms with Crippen molar-refractivity contribution in [2.75, 3.05) is 5.32 Å². The van der Waals surface area contributed by atoms with E-state index in [9.17, 15) is 14.9 Å². The average molecular weight is 483 g/mol. The van der Waals surface area contributed by atoms with Gasteiger partial charge in [-0.05, 0) is 51.5 Å². The molecule has 1 amide bonds. The van der Waals surface area contributed by atoms with Crippen LogP contribution in [0.3, 0.4) is 0 Å². The van der Waals surface area contributed by atoms with Gasteiger partial charge >= 0.3 is 5.69 Å². The van der Waals surface area contributed by atoms with Gasteiger partial charge in [0.2, 0.25) is 0 Å². The predicted molar refractivity (Wildman–Crippen MR) is 126 cm³/mol. The predicted octanol–water partition coefficient (Wildman–Crippen LogP) is 3.88. The number of nitro groups is 1. The maximum Gasteiger partial charge on any atom is 0.312 e. The molecule has 0 saturated carbocycles. The Morgan fingerprint density at radius 3 is 2.32 bits per heavy atom. The van der Waals surface area contributed by atoms with Crippen molar-refractivity contribution in [2.24, 2.45) is 0 Å². The van der Waals surface area contributed by atoms with Crippen molar-refractivity contribution >= 4 is 28.9 Å². The molecule has 4 aromatic rings. The first-order chi connectivity index (χ1) is 16.1. The number of nitrogens with one attached hydrogen (secondary N) is 1. The number of halogens is 1. The highest BCUT2D eigenvalue weighted by Gasteiger charge is 2.22. The number of nitrogens with zero attached hydrogens (tertiary/aromatic N) is 7. The minimum atomic E-state index is -0.450. The van der Waals surface area contributed by atoms with E-state index in [2.05, 4.69) is 20.6 Å². The molecule has 176 valence electrons. The molecule has 4 rings (SSSR count). The first kappa shape index (κ1) is 23.2. The second-order valence-electron chi connectivity index (χ2n) is 7.94. The molecular weight excluding hydrogens is 460 g/mol. The minimum Gasteiger partial charge on any atom is -0.317 e. The SMILES string of the molecule is Cc1nn(Cc2ccc(Cl)cc2)c(C)c1NC(=O)c1ccn(Cn2nc(C)c([N+](=O)[O-])c2C)n1. The van der Waals surface area contributed by atoms with Crippen molar-refractivity contribution in [3.05, 3.63) is 85.7 Å². The summed E-state index contributed by atoms with van der Waals surface area (Å²) in [6.07, 6.45) is 1.63. The molecule has 0 atom stereocenters. The van der Waals surface area contributed by atoms with E-state index in [1.807, 2.05) is 42.8 Å². The number of aryl methyl sites for hydroxylation is 2. The van der Waals surface area contributed by atoms with Crippen LogP contribution in [0.1, 0.15) is 38.8 Å². The molecule has 0 bridgehead atoms. The van der Waals surface area contributed by atoms with Crippen molar-refractivity contribution in [1.29, 1.82) is 0 Å². The van der Waals surface area contributed by atoms with E-state index in [0.29, 0.717) is 34.3 Å². The highest BCUT2D eigenvalue weighted by Crippen LogP contribution is 2.23. The molecule has 0 unspecified atom stereocenters. The largest absolute Gasteiger partial charge is 0.317 e. The molecule has 34 heavy (non-hydrogen) atoms. The third kappa shape index (κ3) is 4.55. The molecule has 0 radical (unpaired) electrons. The summed E-state index contributed by atoms with van der Waals surface area (Å²) in [6.45, 7) is 7.62. The second kappa shape index (κ2) is 9.10. The number of amides is 1. The Balaban J connectivity index is 1.48. The van der Waals surface area contributed by atoms with Gasteiger partial charge in [0, 0.05) is 11.2 Å². The lowest BCUT2D eigenvalue weighted by Crippen LogP contribution is -2.16. The lowest BCUT2D eigenvalue weighted by molar-refractivity contribution is -0.386. The number of carbonyl (C=O) groups is 1. The number of anilines is 1. The van der Waals surface area contributed by atoms with Crippen LogP contribution in [-0.2, 0) is 13.2 Å². The van der Waals surface area contributed by atoms with Gasteiger partial charge in [0.1, 0.15) is 18.1 Å². The van der Waals surface area contributed by atoms with Crippen LogP contribution in [0, 0.1) is 37.8 Å². The standard InChI is InChI=1S/C22H23ClN8O3/c1-13-20(15(3)29(25-13)11-17-5-7-18(23)8-6-17)24-22(32)19-9-10-28(27-19)12-30-16(4)21(31(33)34)14(2)26-30/h5-10H,11-12H2,1-4H3,(H,24,32). The third-order valence-corrected chi connectivity index (χ3v) is 5.80. The van der Waals surface area contributed by atoms with Crippen LogP contribution in [0.25, 0.3) is 0 Å². The quantitative estimate of drug-likeness (QED) is 0.314. The van der Waals surface area contributed by atoms with Crippen LogP contribution in [0.4, 0.5) is 11.4 Å². The van der Waals surface area contributed by atoms with Crippen LogP contribution in [0.15, 0.2) is 36.5 Å². The van der Waals surface area contributed by atoms with E-state index in [-0.39, 0.29) is 24.0 Å². The first-order valence-electron chi connectivity index (χ1n) is 10.5. The molecular formula is C22H23ClN8O3. The highest BCUT2D eigenvalue weighted by atomic mass is 35.5. The fraction of sp³-hybridized carbons (Fsp3) is 0.273. The van der Waals surface area contributed by atoms with Gasteiger partial charge in [-0.2, -0.15) is 15.3 Å². The van der Waals surface area contributed by atoms with E-state index in [1.54, 1.807) is 26.1 Å². The maximum atomic E-state index is 12.9. The molecule has 0 fully saturated rings. The van der Waals surface area contributed by atoms with E-state index in [4.69, 9.17) is 11.6 Å². The molecule has 1 aromatic carbocycles. The van der Waals surface area contributed by atoms with Crippen LogP contribution in [0.2, 0.25) is 5.02 Å². The first-order valence-corrected chi connectivity index (χ1v) is 10.8. The number of aromatic nitrogens is 6. The highest BCUT2D eigenvalue weighted by molar-refractivity contribution is 6.30. The van der Waals surface area contributed by atoms with Crippen molar-refractivity contribution in [3.8, 4) is 0 Å². The van der Waals surface area contributed by atoms with E-state index >= 15 is 0 Å². The minimum absolute atomic E-state index is 0.0216. The second-order valence-corrected chi connectivity index (χ2v) is 8.38. The Bertz CT molecular complexity index is 1380. The summed E-state index contributed by atoms with van der Waals surface area (Å²) < 4.78 is 4.81. The summed E-state index contributed by atoms with van der Waals surface area (Å²) in [5.41, 5.74) is 4.10. The Hall–Kier alpha value is -3.99. The molecule has 11 nitrogen and oxygen atoms in total. The van der Waals surface area contributed by atoms with Gasteiger partial charge in [0.05, 0.1) is 28.5 Å². The van der Waals surface area contributed by atoms with Gasteiger partial charge in [-0.15, -0.1) is 0 Å². The number of hydrogen-bond acceptors (Lipinski definition) is 6. The number of hydrogen-bond donors (Lipinski definition) is 1. The Morgan fingerprint density at radius 2 is 1.68 bits per heavy atom. The van der Waals surface area contributed by atoms with Crippen molar-refractivity contribution < 1.29 is 9.72 Å². The molecule has 0 aliphatic carbocycles. The summed E-state index contributed by atoms with van der Waals surface area (Å²) in [4.78, 5) is 23.6. The number of rotatable bonds is 7. The molecule has 0 saturated heterocycles. The summed E-state index contributed by atoms with van der Waals surface area (Å²) in [5.74, 6) is -0.379. The van der Waals surface area contributed by atoms with Crippen molar-refractivity contribution in [2.45, 2.75) is 40.9 Å². The van der Waals surface area contributed by atoms with Gasteiger partial charge in [0.15, 0.2) is 5.69 Å². The monoisotopic (exact) mass is 482 g/mol. The molecule has 3 aromatic heterocycles. The molecule has 0 spiro atoms. The smallest absolute Gasteiger partial charge is 0.312 e. The summed E-state index contributed by atoms with van der Waals surface area (Å²) in [5, 5.41) is 27.8. The zero-order valence-corrected chi connectivity index (χ0v) is 19.9. The van der Waals surface area contributed by atoms with Crippen LogP contribution in [-0.4, -0.2) is 40.2 Å². The third-order valence-electron chi connectivity index (χ3n) is 5.54. The number of benzene rings is 1. The molecule has 1 N–H and O–H groups in total. The Labute approximate surface area is 200 Å². The van der Waals surface area contributed by atoms with E-state index in [1.165, 1.54) is 9.36 Å². The summed E-state index contributed by atoms with van der Waals surface area (Å²) in [6, 6.07) is 9.10. The zero-order valence-electron chi connectivity index (χ0n) is 19.1. The van der Waals surface area contributed by atoms with Gasteiger partial charge < -0.3 is 5.32 Å². The molecule has 0 aliphatic rings. The van der Waals surface area contributed by atoms with E-state index < -0.39 is 4.92 Å². The maximum absolute atomic E-state index is 12.9. The average Bonchev–Trinajstić information content (AvgIpc) is 3.43. The zero-order chi connectivity index (χ0) is 24.6. The van der Waals surface area contributed by atoms with E-state index in [0.717, 1.165) is 11.3 Å². The lowest BCUT2D eigenvalue weighted by Gasteiger charge is -2.07. The van der Waals surface area contributed by atoms with Gasteiger partial charge in [0.25, 0.3) is 5.91 Å². The fourth-order valence-electron chi connectivity index (χ4n) is 3.76. The van der Waals surface area contributed by atoms with Crippen LogP contribution < -0.4 is 5.32 Å². The Morgan fingerprint density at radius 1 is 1.00 bits per heavy atom. The topological polar surface area (TPSA) is 126 Å². The lowest BCUT2D eigenvalue weighted by atomic mass is 10.2. The van der Waals surface area contributed by atoms with Gasteiger partial charge in [-0.3, -0.25) is 24.3 Å². The van der Waals surface area contributed by atoms with Crippen molar-refractivity contribution in [3.63, 3.8) is 0 Å².